The summed E-state index contributed by atoms with van der Waals surface area (Å²) in [6.07, 6.45) is 4.64. The van der Waals surface area contributed by atoms with Crippen LogP contribution in [-0.4, -0.2) is 15.7 Å². The third-order valence-corrected chi connectivity index (χ3v) is 2.44. The van der Waals surface area contributed by atoms with Gasteiger partial charge < -0.3 is 4.98 Å². The fraction of sp³-hybridized carbons (Fsp3) is 0.375. The van der Waals surface area contributed by atoms with Gasteiger partial charge in [0.15, 0.2) is 5.16 Å². The van der Waals surface area contributed by atoms with Gasteiger partial charge in [-0.2, -0.15) is 0 Å². The average molecular weight is 168 g/mol. The molecule has 0 fully saturated rings. The van der Waals surface area contributed by atoms with Crippen LogP contribution in [0.25, 0.3) is 0 Å². The van der Waals surface area contributed by atoms with E-state index in [1.54, 1.807) is 18.0 Å². The van der Waals surface area contributed by atoms with E-state index in [1.165, 1.54) is 5.57 Å². The minimum atomic E-state index is 0.962. The summed E-state index contributed by atoms with van der Waals surface area (Å²) in [4.78, 5) is 7.12. The number of aromatic nitrogens is 2. The van der Waals surface area contributed by atoms with Gasteiger partial charge in [0.25, 0.3) is 0 Å². The van der Waals surface area contributed by atoms with Crippen LogP contribution in [0.3, 0.4) is 0 Å². The van der Waals surface area contributed by atoms with Crippen molar-refractivity contribution < 1.29 is 0 Å². The maximum Gasteiger partial charge on any atom is 0.165 e. The predicted octanol–water partition coefficient (Wildman–Crippen LogP) is 2.47. The van der Waals surface area contributed by atoms with Crippen molar-refractivity contribution in [2.75, 3.05) is 5.75 Å². The van der Waals surface area contributed by atoms with Crippen LogP contribution in [0.1, 0.15) is 13.3 Å². The van der Waals surface area contributed by atoms with Crippen molar-refractivity contribution in [3.63, 3.8) is 0 Å². The highest BCUT2D eigenvalue weighted by Gasteiger charge is 1.95. The number of thioether (sulfide) groups is 1. The summed E-state index contributed by atoms with van der Waals surface area (Å²) in [7, 11) is 0. The molecule has 1 heterocycles. The van der Waals surface area contributed by atoms with Gasteiger partial charge in [-0.3, -0.25) is 0 Å². The highest BCUT2D eigenvalue weighted by molar-refractivity contribution is 7.99. The largest absolute Gasteiger partial charge is 0.340 e. The van der Waals surface area contributed by atoms with Crippen molar-refractivity contribution in [1.82, 2.24) is 9.97 Å². The zero-order valence-electron chi connectivity index (χ0n) is 6.63. The van der Waals surface area contributed by atoms with Crippen LogP contribution in [-0.2, 0) is 0 Å². The molecule has 0 spiro atoms. The number of rotatable bonds is 4. The van der Waals surface area contributed by atoms with Crippen LogP contribution in [0.4, 0.5) is 0 Å². The van der Waals surface area contributed by atoms with Gasteiger partial charge in [0, 0.05) is 18.1 Å². The quantitative estimate of drug-likeness (QED) is 0.552. The van der Waals surface area contributed by atoms with Crippen molar-refractivity contribution >= 4 is 11.8 Å². The zero-order chi connectivity index (χ0) is 8.10. The Kier molecular flexibility index (Phi) is 3.23. The number of hydrogen-bond donors (Lipinski definition) is 1. The fourth-order valence-corrected chi connectivity index (χ4v) is 1.43. The van der Waals surface area contributed by atoms with Crippen LogP contribution < -0.4 is 0 Å². The molecule has 1 aromatic heterocycles. The first-order valence-electron chi connectivity index (χ1n) is 3.61. The van der Waals surface area contributed by atoms with Gasteiger partial charge in [0.2, 0.25) is 0 Å². The second-order valence-electron chi connectivity index (χ2n) is 2.29. The van der Waals surface area contributed by atoms with E-state index in [0.717, 1.165) is 17.3 Å². The highest BCUT2D eigenvalue weighted by atomic mass is 32.2. The summed E-state index contributed by atoms with van der Waals surface area (Å²) in [6, 6.07) is 0. The van der Waals surface area contributed by atoms with E-state index in [9.17, 15) is 0 Å². The van der Waals surface area contributed by atoms with Gasteiger partial charge in [0.1, 0.15) is 0 Å². The molecule has 11 heavy (non-hydrogen) atoms. The molecule has 0 unspecified atom stereocenters. The lowest BCUT2D eigenvalue weighted by molar-refractivity contribution is 1.05. The number of aromatic amines is 1. The number of H-pyrrole nitrogens is 1. The molecule has 0 radical (unpaired) electrons. The molecule has 3 heteroatoms. The Morgan fingerprint density at radius 1 is 1.82 bits per heavy atom. The Morgan fingerprint density at radius 2 is 2.64 bits per heavy atom. The van der Waals surface area contributed by atoms with Gasteiger partial charge in [-0.05, 0) is 6.42 Å². The molecule has 0 aromatic carbocycles. The third-order valence-electron chi connectivity index (χ3n) is 1.39. The number of nitrogens with one attached hydrogen (secondary N) is 1. The first-order valence-corrected chi connectivity index (χ1v) is 4.60. The SMILES string of the molecule is C=C(CC)CSc1ncc[nH]1. The van der Waals surface area contributed by atoms with E-state index in [2.05, 4.69) is 23.5 Å². The number of imidazole rings is 1. The van der Waals surface area contributed by atoms with Crippen LogP contribution >= 0.6 is 11.8 Å². The maximum absolute atomic E-state index is 4.09. The Balaban J connectivity index is 2.29. The van der Waals surface area contributed by atoms with E-state index in [4.69, 9.17) is 0 Å². The standard InChI is InChI=1S/C8H12N2S/c1-3-7(2)6-11-8-9-4-5-10-8/h4-5H,2-3,6H2,1H3,(H,9,10). The normalized spacial score (nSPS) is 9.91. The minimum absolute atomic E-state index is 0.962. The topological polar surface area (TPSA) is 28.7 Å². The summed E-state index contributed by atoms with van der Waals surface area (Å²) in [6.45, 7) is 6.03. The Bertz CT molecular complexity index is 216. The molecule has 0 saturated carbocycles. The molecular weight excluding hydrogens is 156 g/mol. The molecular formula is C8H12N2S. The van der Waals surface area contributed by atoms with Gasteiger partial charge in [0.05, 0.1) is 0 Å². The van der Waals surface area contributed by atoms with Gasteiger partial charge in [-0.25, -0.2) is 4.98 Å². The third kappa shape index (κ3) is 2.80. The lowest BCUT2D eigenvalue weighted by Crippen LogP contribution is -1.83. The smallest absolute Gasteiger partial charge is 0.165 e. The summed E-state index contributed by atoms with van der Waals surface area (Å²) in [5, 5.41) is 0.972. The van der Waals surface area contributed by atoms with Gasteiger partial charge in [-0.1, -0.05) is 30.8 Å². The lowest BCUT2D eigenvalue weighted by atomic mass is 10.3. The Labute approximate surface area is 71.1 Å². The van der Waals surface area contributed by atoms with E-state index >= 15 is 0 Å². The van der Waals surface area contributed by atoms with Crippen LogP contribution in [0.2, 0.25) is 0 Å². The summed E-state index contributed by atoms with van der Waals surface area (Å²) in [5.41, 5.74) is 1.26. The van der Waals surface area contributed by atoms with Crippen molar-refractivity contribution in [2.45, 2.75) is 18.5 Å². The van der Waals surface area contributed by atoms with Crippen LogP contribution in [0.5, 0.6) is 0 Å². The van der Waals surface area contributed by atoms with Crippen molar-refractivity contribution in [3.05, 3.63) is 24.5 Å². The second-order valence-corrected chi connectivity index (χ2v) is 3.25. The van der Waals surface area contributed by atoms with Crippen molar-refractivity contribution in [3.8, 4) is 0 Å². The molecule has 0 atom stereocenters. The van der Waals surface area contributed by atoms with Gasteiger partial charge >= 0.3 is 0 Å². The summed E-state index contributed by atoms with van der Waals surface area (Å²) < 4.78 is 0. The van der Waals surface area contributed by atoms with E-state index in [1.807, 2.05) is 6.20 Å². The predicted molar refractivity (Wildman–Crippen MR) is 48.7 cm³/mol. The van der Waals surface area contributed by atoms with Crippen LogP contribution in [0.15, 0.2) is 29.7 Å². The molecule has 2 nitrogen and oxygen atoms in total. The molecule has 1 aromatic rings. The minimum Gasteiger partial charge on any atom is -0.340 e. The summed E-state index contributed by atoms with van der Waals surface area (Å²) >= 11 is 1.69. The number of hydrogen-bond acceptors (Lipinski definition) is 2. The zero-order valence-corrected chi connectivity index (χ0v) is 7.45. The Morgan fingerprint density at radius 3 is 3.18 bits per heavy atom. The molecule has 0 aliphatic carbocycles. The molecule has 0 amide bonds. The van der Waals surface area contributed by atoms with Crippen molar-refractivity contribution in [1.29, 1.82) is 0 Å². The molecule has 60 valence electrons. The molecule has 0 aliphatic rings. The molecule has 0 aliphatic heterocycles. The molecule has 1 N–H and O–H groups in total. The maximum atomic E-state index is 4.09. The Hall–Kier alpha value is -0.700. The fourth-order valence-electron chi connectivity index (χ4n) is 0.602. The average Bonchev–Trinajstić information content (AvgIpc) is 2.52. The second kappa shape index (κ2) is 4.23. The summed E-state index contributed by atoms with van der Waals surface area (Å²) in [5.74, 6) is 0.962. The first kappa shape index (κ1) is 8.40. The highest BCUT2D eigenvalue weighted by Crippen LogP contribution is 2.15. The first-order chi connectivity index (χ1) is 5.33. The monoisotopic (exact) mass is 168 g/mol. The van der Waals surface area contributed by atoms with E-state index in [0.29, 0.717) is 0 Å². The van der Waals surface area contributed by atoms with Crippen molar-refractivity contribution in [2.24, 2.45) is 0 Å². The molecule has 1 rings (SSSR count). The van der Waals surface area contributed by atoms with E-state index in [-0.39, 0.29) is 0 Å². The van der Waals surface area contributed by atoms with Gasteiger partial charge in [-0.15, -0.1) is 0 Å². The number of nitrogens with zero attached hydrogens (tertiary/aromatic N) is 1. The molecule has 0 saturated heterocycles. The molecule has 0 bridgehead atoms. The lowest BCUT2D eigenvalue weighted by Gasteiger charge is -1.97. The van der Waals surface area contributed by atoms with E-state index < -0.39 is 0 Å². The van der Waals surface area contributed by atoms with Crippen LogP contribution in [0, 0.1) is 0 Å².